The Balaban J connectivity index is 1.49. The van der Waals surface area contributed by atoms with Crippen molar-refractivity contribution < 1.29 is 23.7 Å². The average molecular weight is 326 g/mol. The molecule has 4 saturated heterocycles. The molecule has 0 aromatic carbocycles. The number of hydrogen-bond donors (Lipinski definition) is 0. The first-order chi connectivity index (χ1) is 11.1. The SMILES string of the molecule is CC1COC1C(OC(C1OCC1C)C1OCC1C)C1OCC1C. The van der Waals surface area contributed by atoms with Crippen molar-refractivity contribution in [2.75, 3.05) is 26.4 Å². The summed E-state index contributed by atoms with van der Waals surface area (Å²) in [6.07, 6.45) is 0.514. The van der Waals surface area contributed by atoms with Crippen LogP contribution in [-0.4, -0.2) is 63.1 Å². The van der Waals surface area contributed by atoms with E-state index in [9.17, 15) is 0 Å². The van der Waals surface area contributed by atoms with E-state index in [1.54, 1.807) is 0 Å². The quantitative estimate of drug-likeness (QED) is 0.746. The molecule has 23 heavy (non-hydrogen) atoms. The molecule has 4 aliphatic heterocycles. The highest BCUT2D eigenvalue weighted by atomic mass is 16.6. The predicted molar refractivity (Wildman–Crippen MR) is 84.3 cm³/mol. The van der Waals surface area contributed by atoms with E-state index < -0.39 is 0 Å². The summed E-state index contributed by atoms with van der Waals surface area (Å²) in [6.45, 7) is 12.2. The third-order valence-corrected chi connectivity index (χ3v) is 6.06. The summed E-state index contributed by atoms with van der Waals surface area (Å²) >= 11 is 0. The molecule has 0 radical (unpaired) electrons. The minimum absolute atomic E-state index is 0.0136. The average Bonchev–Trinajstić information content (AvgIpc) is 2.48. The van der Waals surface area contributed by atoms with Gasteiger partial charge in [-0.15, -0.1) is 0 Å². The summed E-state index contributed by atoms with van der Waals surface area (Å²) in [4.78, 5) is 0. The summed E-state index contributed by atoms with van der Waals surface area (Å²) in [5, 5.41) is 0. The fourth-order valence-electron chi connectivity index (χ4n) is 4.14. The van der Waals surface area contributed by atoms with Crippen molar-refractivity contribution >= 4 is 0 Å². The van der Waals surface area contributed by atoms with Gasteiger partial charge in [-0.05, 0) is 0 Å². The Morgan fingerprint density at radius 1 is 0.565 bits per heavy atom. The molecule has 0 aromatic heterocycles. The van der Waals surface area contributed by atoms with Crippen LogP contribution in [0.4, 0.5) is 0 Å². The molecule has 4 heterocycles. The van der Waals surface area contributed by atoms with E-state index >= 15 is 0 Å². The molecule has 0 aliphatic carbocycles. The summed E-state index contributed by atoms with van der Waals surface area (Å²) in [5.41, 5.74) is 0. The highest BCUT2D eigenvalue weighted by Crippen LogP contribution is 2.39. The van der Waals surface area contributed by atoms with Crippen LogP contribution in [0.25, 0.3) is 0 Å². The lowest BCUT2D eigenvalue weighted by Crippen LogP contribution is -2.65. The van der Waals surface area contributed by atoms with E-state index in [-0.39, 0.29) is 36.6 Å². The van der Waals surface area contributed by atoms with Gasteiger partial charge < -0.3 is 23.7 Å². The summed E-state index contributed by atoms with van der Waals surface area (Å²) in [7, 11) is 0. The second-order valence-electron chi connectivity index (χ2n) is 8.17. The fourth-order valence-corrected chi connectivity index (χ4v) is 4.14. The van der Waals surface area contributed by atoms with Gasteiger partial charge in [-0.1, -0.05) is 27.7 Å². The molecule has 0 N–H and O–H groups in total. The van der Waals surface area contributed by atoms with E-state index in [0.717, 1.165) is 26.4 Å². The Morgan fingerprint density at radius 3 is 0.957 bits per heavy atom. The van der Waals surface area contributed by atoms with Gasteiger partial charge in [0.2, 0.25) is 0 Å². The molecule has 4 fully saturated rings. The minimum atomic E-state index is -0.0136. The number of rotatable bonds is 6. The molecule has 0 amide bonds. The molecule has 4 rings (SSSR count). The molecule has 8 atom stereocenters. The van der Waals surface area contributed by atoms with Crippen molar-refractivity contribution in [2.45, 2.75) is 64.3 Å². The van der Waals surface area contributed by atoms with Crippen LogP contribution in [0.2, 0.25) is 0 Å². The molecule has 5 heteroatoms. The highest BCUT2D eigenvalue weighted by Gasteiger charge is 2.52. The van der Waals surface area contributed by atoms with Crippen molar-refractivity contribution in [3.05, 3.63) is 0 Å². The first-order valence-electron chi connectivity index (χ1n) is 9.18. The molecule has 5 nitrogen and oxygen atoms in total. The van der Waals surface area contributed by atoms with E-state index in [0.29, 0.717) is 23.7 Å². The van der Waals surface area contributed by atoms with Crippen molar-refractivity contribution in [2.24, 2.45) is 23.7 Å². The Bertz CT molecular complexity index is 356. The van der Waals surface area contributed by atoms with Crippen molar-refractivity contribution in [1.82, 2.24) is 0 Å². The standard InChI is InChI=1S/C18H30O5/c1-9-5-19-13(9)17(14-10(2)6-20-14)23-18(15-11(3)7-21-15)16-12(4)8-22-16/h9-18H,5-8H2,1-4H3. The highest BCUT2D eigenvalue weighted by molar-refractivity contribution is 4.99. The molecule has 132 valence electrons. The van der Waals surface area contributed by atoms with E-state index in [1.807, 2.05) is 0 Å². The zero-order valence-corrected chi connectivity index (χ0v) is 14.6. The van der Waals surface area contributed by atoms with Crippen LogP contribution in [0.15, 0.2) is 0 Å². The maximum absolute atomic E-state index is 6.65. The van der Waals surface area contributed by atoms with Crippen LogP contribution in [-0.2, 0) is 23.7 Å². The van der Waals surface area contributed by atoms with E-state index in [2.05, 4.69) is 27.7 Å². The van der Waals surface area contributed by atoms with Gasteiger partial charge in [0.1, 0.15) is 12.2 Å². The Labute approximate surface area is 138 Å². The molecule has 0 bridgehead atoms. The van der Waals surface area contributed by atoms with E-state index in [1.165, 1.54) is 0 Å². The minimum Gasteiger partial charge on any atom is -0.375 e. The largest absolute Gasteiger partial charge is 0.375 e. The second kappa shape index (κ2) is 6.26. The van der Waals surface area contributed by atoms with Gasteiger partial charge in [0.25, 0.3) is 0 Å². The van der Waals surface area contributed by atoms with Crippen LogP contribution in [0.5, 0.6) is 0 Å². The van der Waals surface area contributed by atoms with Crippen LogP contribution in [0, 0.1) is 23.7 Å². The smallest absolute Gasteiger partial charge is 0.111 e. The second-order valence-corrected chi connectivity index (χ2v) is 8.17. The normalized spacial score (nSPS) is 51.7. The van der Waals surface area contributed by atoms with Gasteiger partial charge in [0.15, 0.2) is 0 Å². The molecule has 0 spiro atoms. The Kier molecular flexibility index (Phi) is 4.43. The van der Waals surface area contributed by atoms with E-state index in [4.69, 9.17) is 23.7 Å². The molecule has 0 aromatic rings. The predicted octanol–water partition coefficient (Wildman–Crippen LogP) is 1.88. The number of hydrogen-bond acceptors (Lipinski definition) is 5. The third kappa shape index (κ3) is 2.74. The fraction of sp³-hybridized carbons (Fsp3) is 1.00. The maximum atomic E-state index is 6.65. The van der Waals surface area contributed by atoms with Gasteiger partial charge in [-0.2, -0.15) is 0 Å². The van der Waals surface area contributed by atoms with Crippen LogP contribution < -0.4 is 0 Å². The van der Waals surface area contributed by atoms with Gasteiger partial charge in [-0.3, -0.25) is 0 Å². The maximum Gasteiger partial charge on any atom is 0.111 e. The van der Waals surface area contributed by atoms with Gasteiger partial charge >= 0.3 is 0 Å². The zero-order valence-electron chi connectivity index (χ0n) is 14.6. The number of ether oxygens (including phenoxy) is 5. The summed E-state index contributed by atoms with van der Waals surface area (Å²) in [5.74, 6) is 2.10. The van der Waals surface area contributed by atoms with Crippen LogP contribution in [0.1, 0.15) is 27.7 Å². The molecular weight excluding hydrogens is 296 g/mol. The van der Waals surface area contributed by atoms with Crippen molar-refractivity contribution in [3.8, 4) is 0 Å². The molecule has 0 saturated carbocycles. The summed E-state index contributed by atoms with van der Waals surface area (Å²) in [6, 6.07) is 0. The van der Waals surface area contributed by atoms with Crippen molar-refractivity contribution in [1.29, 1.82) is 0 Å². The summed E-state index contributed by atoms with van der Waals surface area (Å²) < 4.78 is 30.0. The Hall–Kier alpha value is -0.200. The zero-order chi connectivity index (χ0) is 16.1. The van der Waals surface area contributed by atoms with Gasteiger partial charge in [0, 0.05) is 23.7 Å². The molecule has 4 aliphatic rings. The first kappa shape index (κ1) is 16.3. The van der Waals surface area contributed by atoms with Gasteiger partial charge in [0.05, 0.1) is 50.8 Å². The lowest BCUT2D eigenvalue weighted by atomic mass is 9.82. The third-order valence-electron chi connectivity index (χ3n) is 6.06. The van der Waals surface area contributed by atoms with Gasteiger partial charge in [-0.25, -0.2) is 0 Å². The monoisotopic (exact) mass is 326 g/mol. The Morgan fingerprint density at radius 2 is 0.826 bits per heavy atom. The molecular formula is C18H30O5. The molecule has 8 unspecified atom stereocenters. The lowest BCUT2D eigenvalue weighted by molar-refractivity contribution is -0.310. The van der Waals surface area contributed by atoms with Crippen LogP contribution >= 0.6 is 0 Å². The van der Waals surface area contributed by atoms with Crippen LogP contribution in [0.3, 0.4) is 0 Å². The lowest BCUT2D eigenvalue weighted by Gasteiger charge is -2.53. The first-order valence-corrected chi connectivity index (χ1v) is 9.18. The van der Waals surface area contributed by atoms with Crippen molar-refractivity contribution in [3.63, 3.8) is 0 Å². The topological polar surface area (TPSA) is 46.2 Å².